The number of anilines is 1. The van der Waals surface area contributed by atoms with Crippen molar-refractivity contribution in [2.24, 2.45) is 0 Å². The number of hydrogen-bond donors (Lipinski definition) is 5. The number of nitrogens with one attached hydrogen (secondary N) is 3. The minimum Gasteiger partial charge on any atom is -0.479 e. The number of carboxylic acids is 2. The molecule has 1 saturated heterocycles. The monoisotopic (exact) mass is 1010 g/mol. The van der Waals surface area contributed by atoms with Crippen molar-refractivity contribution in [3.8, 4) is 43.1 Å². The number of rotatable bonds is 16. The molecular weight excluding hydrogens is 982 g/mol. The van der Waals surface area contributed by atoms with E-state index in [1.54, 1.807) is 0 Å². The number of esters is 1. The van der Waals surface area contributed by atoms with Crippen molar-refractivity contribution >= 4 is 94.1 Å². The Balaban J connectivity index is 1.04. The lowest BCUT2D eigenvalue weighted by Crippen LogP contribution is -2.44. The van der Waals surface area contributed by atoms with Crippen LogP contribution in [0.2, 0.25) is 0 Å². The standard InChI is InChI=1S/C39H33Br2N7O10S3/c40-28-30(57-20-27(49)50)35(39(54)58-31-29(41)32(21-7-2-1-3-8-21)59-34(31)36-44-46-47-45-36)60-33(28)22-9-6-10-24(19-22)43-23-13-16-48(17-14-23)61(55,56)18-15-42-37(51)25-11-4-5-12-26(25)38(52)53/h1-12,19,23,43H,13-18,20H2,(H,42,51)(H,49,50)(H,52,53)(H,44,45,46,47). The van der Waals surface area contributed by atoms with Gasteiger partial charge in [0.15, 0.2) is 23.0 Å². The van der Waals surface area contributed by atoms with Gasteiger partial charge < -0.3 is 30.3 Å². The zero-order valence-electron chi connectivity index (χ0n) is 31.5. The molecule has 1 fully saturated rings. The first-order valence-corrected chi connectivity index (χ1v) is 23.1. The number of halogens is 2. The summed E-state index contributed by atoms with van der Waals surface area (Å²) in [6.45, 7) is -0.440. The lowest BCUT2D eigenvalue weighted by atomic mass is 10.1. The molecule has 7 rings (SSSR count). The van der Waals surface area contributed by atoms with Crippen molar-refractivity contribution in [1.82, 2.24) is 30.2 Å². The summed E-state index contributed by atoms with van der Waals surface area (Å²) in [5.74, 6) is -4.02. The van der Waals surface area contributed by atoms with Gasteiger partial charge in [-0.1, -0.05) is 54.6 Å². The van der Waals surface area contributed by atoms with E-state index in [9.17, 15) is 37.8 Å². The molecule has 0 bridgehead atoms. The quantitative estimate of drug-likeness (QED) is 0.0622. The van der Waals surface area contributed by atoms with Gasteiger partial charge in [0.05, 0.1) is 35.6 Å². The summed E-state index contributed by atoms with van der Waals surface area (Å²) in [6.07, 6.45) is 0.979. The molecule has 5 N–H and O–H groups in total. The highest BCUT2D eigenvalue weighted by Crippen LogP contribution is 2.51. The molecule has 6 aromatic rings. The molecule has 1 amide bonds. The highest BCUT2D eigenvalue weighted by molar-refractivity contribution is 9.11. The first kappa shape index (κ1) is 43.6. The van der Waals surface area contributed by atoms with Gasteiger partial charge in [-0.15, -0.1) is 32.9 Å². The molecule has 0 unspecified atom stereocenters. The van der Waals surface area contributed by atoms with Gasteiger partial charge in [0.1, 0.15) is 4.88 Å². The summed E-state index contributed by atoms with van der Waals surface area (Å²) in [7, 11) is -3.73. The Morgan fingerprint density at radius 2 is 1.52 bits per heavy atom. The van der Waals surface area contributed by atoms with Crippen molar-refractivity contribution in [2.75, 3.05) is 37.3 Å². The molecule has 0 atom stereocenters. The summed E-state index contributed by atoms with van der Waals surface area (Å²) >= 11 is 9.48. The van der Waals surface area contributed by atoms with Crippen molar-refractivity contribution in [1.29, 1.82) is 0 Å². The van der Waals surface area contributed by atoms with E-state index >= 15 is 0 Å². The second kappa shape index (κ2) is 19.0. The van der Waals surface area contributed by atoms with Gasteiger partial charge in [0.2, 0.25) is 15.8 Å². The van der Waals surface area contributed by atoms with Crippen molar-refractivity contribution in [3.63, 3.8) is 0 Å². The van der Waals surface area contributed by atoms with Gasteiger partial charge in [0.25, 0.3) is 5.91 Å². The van der Waals surface area contributed by atoms with Crippen LogP contribution in [0.15, 0.2) is 87.8 Å². The number of aromatic amines is 1. The number of ether oxygens (including phenoxy) is 2. The predicted octanol–water partition coefficient (Wildman–Crippen LogP) is 6.87. The number of carbonyl (C=O) groups excluding carboxylic acids is 2. The van der Waals surface area contributed by atoms with E-state index in [-0.39, 0.29) is 64.8 Å². The maximum atomic E-state index is 14.1. The maximum absolute atomic E-state index is 14.1. The molecule has 1 aliphatic rings. The largest absolute Gasteiger partial charge is 0.479 e. The third kappa shape index (κ3) is 10.0. The summed E-state index contributed by atoms with van der Waals surface area (Å²) in [6, 6.07) is 22.4. The number of benzene rings is 3. The smallest absolute Gasteiger partial charge is 0.357 e. The number of sulfonamides is 1. The number of H-pyrrole nitrogens is 1. The Labute approximate surface area is 372 Å². The van der Waals surface area contributed by atoms with E-state index < -0.39 is 40.4 Å². The third-order valence-electron chi connectivity index (χ3n) is 9.31. The van der Waals surface area contributed by atoms with Crippen LogP contribution in [0.3, 0.4) is 0 Å². The number of aromatic nitrogens is 4. The number of thiophene rings is 2. The van der Waals surface area contributed by atoms with Gasteiger partial charge >= 0.3 is 17.9 Å². The molecule has 0 aliphatic carbocycles. The predicted molar refractivity (Wildman–Crippen MR) is 234 cm³/mol. The summed E-state index contributed by atoms with van der Waals surface area (Å²) in [5.41, 5.74) is 2.01. The number of hydrogen-bond acceptors (Lipinski definition) is 14. The lowest BCUT2D eigenvalue weighted by molar-refractivity contribution is -0.139. The van der Waals surface area contributed by atoms with Crippen LogP contribution in [0.5, 0.6) is 11.5 Å². The van der Waals surface area contributed by atoms with E-state index in [0.717, 1.165) is 27.5 Å². The van der Waals surface area contributed by atoms with Crippen LogP contribution in [0.1, 0.15) is 43.2 Å². The molecule has 17 nitrogen and oxygen atoms in total. The second-order valence-corrected chi connectivity index (χ2v) is 19.0. The Kier molecular flexibility index (Phi) is 13.6. The molecule has 3 aromatic heterocycles. The lowest BCUT2D eigenvalue weighted by Gasteiger charge is -2.32. The molecule has 0 radical (unpaired) electrons. The molecule has 61 heavy (non-hydrogen) atoms. The Hall–Kier alpha value is -5.52. The molecule has 3 aromatic carbocycles. The number of amides is 1. The van der Waals surface area contributed by atoms with Crippen LogP contribution < -0.4 is 20.1 Å². The topological polar surface area (TPSA) is 243 Å². The van der Waals surface area contributed by atoms with Gasteiger partial charge in [-0.3, -0.25) is 4.79 Å². The summed E-state index contributed by atoms with van der Waals surface area (Å²) < 4.78 is 40.2. The van der Waals surface area contributed by atoms with Crippen molar-refractivity contribution in [2.45, 2.75) is 18.9 Å². The van der Waals surface area contributed by atoms with Gasteiger partial charge in [-0.05, 0) is 85.3 Å². The Bertz CT molecular complexity index is 2700. The van der Waals surface area contributed by atoms with Crippen molar-refractivity contribution < 1.29 is 47.3 Å². The SMILES string of the molecule is O=C(O)COc1c(C(=O)Oc2c(-c3nn[nH]n3)sc(-c3ccccc3)c2Br)sc(-c2cccc(NC3CCN(S(=O)(=O)CCNC(=O)c4ccccc4C(=O)O)CC3)c2)c1Br. The van der Waals surface area contributed by atoms with Crippen LogP contribution in [-0.2, 0) is 14.8 Å². The van der Waals surface area contributed by atoms with Crippen LogP contribution in [-0.4, -0.2) is 105 Å². The molecule has 22 heteroatoms. The molecule has 316 valence electrons. The van der Waals surface area contributed by atoms with Gasteiger partial charge in [0, 0.05) is 31.4 Å². The van der Waals surface area contributed by atoms with Gasteiger partial charge in [-0.2, -0.15) is 5.21 Å². The number of aliphatic carboxylic acids is 1. The van der Waals surface area contributed by atoms with E-state index in [1.165, 1.54) is 39.9 Å². The number of tetrazole rings is 1. The molecule has 0 saturated carbocycles. The van der Waals surface area contributed by atoms with Crippen LogP contribution in [0, 0.1) is 0 Å². The fourth-order valence-corrected chi connectivity index (χ4v) is 11.7. The fourth-order valence-electron chi connectivity index (χ4n) is 6.44. The highest BCUT2D eigenvalue weighted by atomic mass is 79.9. The number of carbonyl (C=O) groups is 4. The van der Waals surface area contributed by atoms with Gasteiger partial charge in [-0.25, -0.2) is 27.1 Å². The summed E-state index contributed by atoms with van der Waals surface area (Å²) in [5, 5.41) is 39.1. The second-order valence-electron chi connectivity index (χ2n) is 13.3. The number of aromatic carboxylic acids is 1. The average molecular weight is 1020 g/mol. The minimum atomic E-state index is -3.73. The minimum absolute atomic E-state index is 0.00173. The maximum Gasteiger partial charge on any atom is 0.357 e. The van der Waals surface area contributed by atoms with E-state index in [1.807, 2.05) is 54.6 Å². The number of piperidine rings is 1. The highest BCUT2D eigenvalue weighted by Gasteiger charge is 2.32. The molecule has 1 aliphatic heterocycles. The average Bonchev–Trinajstić information content (AvgIpc) is 3.98. The van der Waals surface area contributed by atoms with E-state index in [4.69, 9.17) is 9.47 Å². The van der Waals surface area contributed by atoms with E-state index in [0.29, 0.717) is 37.1 Å². The summed E-state index contributed by atoms with van der Waals surface area (Å²) in [4.78, 5) is 51.5. The molecule has 0 spiro atoms. The fraction of sp³-hybridized carbons (Fsp3) is 0.205. The van der Waals surface area contributed by atoms with Crippen LogP contribution >= 0.6 is 54.5 Å². The zero-order valence-corrected chi connectivity index (χ0v) is 37.1. The molecule has 4 heterocycles. The van der Waals surface area contributed by atoms with Crippen LogP contribution in [0.4, 0.5) is 5.69 Å². The first-order chi connectivity index (χ1) is 29.3. The Morgan fingerprint density at radius 1 is 0.852 bits per heavy atom. The first-order valence-electron chi connectivity index (χ1n) is 18.3. The normalized spacial score (nSPS) is 13.4. The van der Waals surface area contributed by atoms with Crippen molar-refractivity contribution in [3.05, 3.63) is 104 Å². The van der Waals surface area contributed by atoms with Crippen LogP contribution in [0.25, 0.3) is 31.6 Å². The Morgan fingerprint density at radius 3 is 2.21 bits per heavy atom. The zero-order chi connectivity index (χ0) is 43.3. The number of carboxylic acid groups (broad SMARTS) is 2. The number of nitrogens with zero attached hydrogens (tertiary/aromatic N) is 4. The van der Waals surface area contributed by atoms with E-state index in [2.05, 4.69) is 63.1 Å². The third-order valence-corrected chi connectivity index (χ3v) is 15.6. The molecular formula is C39H33Br2N7O10S3.